The van der Waals surface area contributed by atoms with Gasteiger partial charge in [0.2, 0.25) is 0 Å². The van der Waals surface area contributed by atoms with Crippen molar-refractivity contribution in [2.24, 2.45) is 0 Å². The van der Waals surface area contributed by atoms with Gasteiger partial charge in [0.1, 0.15) is 24.4 Å². The Balaban J connectivity index is 2.41. The molecule has 0 saturated heterocycles. The summed E-state index contributed by atoms with van der Waals surface area (Å²) in [7, 11) is 0. The number of hydrogen-bond donors (Lipinski definition) is 4. The average Bonchev–Trinajstić information content (AvgIpc) is 2.46. The number of aliphatic hydroxyl groups excluding tert-OH is 4. The van der Waals surface area contributed by atoms with Gasteiger partial charge in [0.05, 0.1) is 13.2 Å². The lowest BCUT2D eigenvalue weighted by molar-refractivity contribution is -0.139. The molecule has 0 amide bonds. The largest absolute Gasteiger partial charge is 0.388 e. The number of benzene rings is 1. The van der Waals surface area contributed by atoms with E-state index in [0.717, 1.165) is 0 Å². The van der Waals surface area contributed by atoms with Gasteiger partial charge in [0.25, 0.3) is 0 Å². The zero-order valence-electron chi connectivity index (χ0n) is 10.6. The molecule has 4 atom stereocenters. The first-order chi connectivity index (χ1) is 9.47. The summed E-state index contributed by atoms with van der Waals surface area (Å²) in [6.45, 7) is -0.162. The highest BCUT2D eigenvalue weighted by molar-refractivity contribution is 6.31. The van der Waals surface area contributed by atoms with Crippen LogP contribution in [0.15, 0.2) is 24.3 Å². The molecule has 1 rings (SSSR count). The second-order valence-corrected chi connectivity index (χ2v) is 4.69. The highest BCUT2D eigenvalue weighted by atomic mass is 35.5. The average molecular weight is 305 g/mol. The molecule has 0 aliphatic rings. The van der Waals surface area contributed by atoms with E-state index in [-0.39, 0.29) is 19.5 Å². The minimum Gasteiger partial charge on any atom is -0.388 e. The van der Waals surface area contributed by atoms with Crippen LogP contribution in [0.4, 0.5) is 0 Å². The summed E-state index contributed by atoms with van der Waals surface area (Å²) in [5, 5.41) is 38.0. The van der Waals surface area contributed by atoms with Crippen molar-refractivity contribution in [3.63, 3.8) is 0 Å². The highest BCUT2D eigenvalue weighted by Gasteiger charge is 2.30. The van der Waals surface area contributed by atoms with Crippen molar-refractivity contribution in [3.05, 3.63) is 34.9 Å². The monoisotopic (exact) mass is 304 g/mol. The molecule has 0 aliphatic heterocycles. The smallest absolute Gasteiger partial charge is 0.151 e. The van der Waals surface area contributed by atoms with Gasteiger partial charge in [-0.3, -0.25) is 0 Å². The molecule has 4 N–H and O–H groups in total. The first kappa shape index (κ1) is 17.0. The van der Waals surface area contributed by atoms with E-state index in [1.807, 2.05) is 0 Å². The van der Waals surface area contributed by atoms with Crippen LogP contribution in [0.1, 0.15) is 5.56 Å². The molecular weight excluding hydrogens is 288 g/mol. The Morgan fingerprint density at radius 1 is 1.15 bits per heavy atom. The third kappa shape index (κ3) is 4.82. The molecule has 112 valence electrons. The molecule has 0 unspecified atom stereocenters. The fourth-order valence-corrected chi connectivity index (χ4v) is 1.70. The molecule has 0 saturated carbocycles. The molecule has 0 spiro atoms. The van der Waals surface area contributed by atoms with Crippen molar-refractivity contribution in [2.45, 2.75) is 31.0 Å². The van der Waals surface area contributed by atoms with Crippen LogP contribution in [-0.4, -0.2) is 57.7 Å². The fraction of sp³-hybridized carbons (Fsp3) is 0.462. The van der Waals surface area contributed by atoms with Gasteiger partial charge < -0.3 is 30.0 Å². The normalized spacial score (nSPS) is 17.2. The maximum Gasteiger partial charge on any atom is 0.151 e. The summed E-state index contributed by atoms with van der Waals surface area (Å²) in [5.74, 6) is 0. The van der Waals surface area contributed by atoms with Crippen molar-refractivity contribution in [3.8, 4) is 0 Å². The fourth-order valence-electron chi connectivity index (χ4n) is 1.51. The summed E-state index contributed by atoms with van der Waals surface area (Å²) in [6.07, 6.45) is -6.59. The predicted octanol–water partition coefficient (Wildman–Crippen LogP) is -0.501. The first-order valence-electron chi connectivity index (χ1n) is 5.96. The Bertz CT molecular complexity index is 427. The van der Waals surface area contributed by atoms with E-state index in [1.54, 1.807) is 24.3 Å². The van der Waals surface area contributed by atoms with Gasteiger partial charge in [-0.1, -0.05) is 29.8 Å². The van der Waals surface area contributed by atoms with Crippen molar-refractivity contribution >= 4 is 17.9 Å². The molecule has 20 heavy (non-hydrogen) atoms. The Morgan fingerprint density at radius 3 is 2.40 bits per heavy atom. The first-order valence-corrected chi connectivity index (χ1v) is 6.34. The summed E-state index contributed by atoms with van der Waals surface area (Å²) >= 11 is 5.91. The molecule has 0 fully saturated rings. The maximum absolute atomic E-state index is 10.3. The van der Waals surface area contributed by atoms with Crippen molar-refractivity contribution in [1.82, 2.24) is 0 Å². The van der Waals surface area contributed by atoms with E-state index in [1.165, 1.54) is 0 Å². The van der Waals surface area contributed by atoms with Crippen molar-refractivity contribution < 1.29 is 30.0 Å². The lowest BCUT2D eigenvalue weighted by Crippen LogP contribution is -2.46. The van der Waals surface area contributed by atoms with Crippen LogP contribution in [0.3, 0.4) is 0 Å². The standard InChI is InChI=1S/C13H17ClO6/c14-9-4-2-1-3-8(9)6-20-7-11(17)13(19)12(18)10(16)5-15/h1-5,10-13,16-19H,6-7H2/t10-,11+,12+,13-/m1/s1. The molecule has 1 aromatic carbocycles. The SMILES string of the molecule is O=C[C@@H](O)[C@H](O)[C@H](O)[C@@H](O)COCc1ccccc1Cl. The number of aldehydes is 1. The Hall–Kier alpha value is -1.02. The number of carbonyl (C=O) groups excluding carboxylic acids is 1. The van der Waals surface area contributed by atoms with Crippen LogP contribution in [0, 0.1) is 0 Å². The zero-order chi connectivity index (χ0) is 15.1. The number of aliphatic hydroxyl groups is 4. The molecule has 0 aliphatic carbocycles. The lowest BCUT2D eigenvalue weighted by Gasteiger charge is -2.24. The van der Waals surface area contributed by atoms with Gasteiger partial charge in [-0.15, -0.1) is 0 Å². The summed E-state index contributed by atoms with van der Waals surface area (Å²) in [4.78, 5) is 10.3. The van der Waals surface area contributed by atoms with E-state index >= 15 is 0 Å². The van der Waals surface area contributed by atoms with Crippen LogP contribution in [-0.2, 0) is 16.1 Å². The Labute approximate surface area is 121 Å². The molecule has 0 bridgehead atoms. The topological polar surface area (TPSA) is 107 Å². The number of carbonyl (C=O) groups is 1. The van der Waals surface area contributed by atoms with Gasteiger partial charge in [0.15, 0.2) is 6.29 Å². The number of ether oxygens (including phenoxy) is 1. The Morgan fingerprint density at radius 2 is 1.80 bits per heavy atom. The third-order valence-electron chi connectivity index (χ3n) is 2.74. The zero-order valence-corrected chi connectivity index (χ0v) is 11.3. The second-order valence-electron chi connectivity index (χ2n) is 4.28. The molecule has 6 nitrogen and oxygen atoms in total. The number of rotatable bonds is 8. The van der Waals surface area contributed by atoms with Crippen molar-refractivity contribution in [2.75, 3.05) is 6.61 Å². The van der Waals surface area contributed by atoms with Gasteiger partial charge in [-0.25, -0.2) is 0 Å². The molecule has 7 heteroatoms. The summed E-state index contributed by atoms with van der Waals surface area (Å²) < 4.78 is 5.17. The number of hydrogen-bond acceptors (Lipinski definition) is 6. The quantitative estimate of drug-likeness (QED) is 0.482. The predicted molar refractivity (Wildman–Crippen MR) is 71.2 cm³/mol. The molecule has 0 heterocycles. The summed E-state index contributed by atoms with van der Waals surface area (Å²) in [6, 6.07) is 6.98. The third-order valence-corrected chi connectivity index (χ3v) is 3.11. The number of halogens is 1. The van der Waals surface area contributed by atoms with Crippen LogP contribution >= 0.6 is 11.6 Å². The minimum atomic E-state index is -1.77. The van der Waals surface area contributed by atoms with Crippen molar-refractivity contribution in [1.29, 1.82) is 0 Å². The van der Waals surface area contributed by atoms with E-state index in [9.17, 15) is 20.1 Å². The van der Waals surface area contributed by atoms with E-state index in [2.05, 4.69) is 0 Å². The molecule has 0 aromatic heterocycles. The van der Waals surface area contributed by atoms with Crippen LogP contribution in [0.5, 0.6) is 0 Å². The summed E-state index contributed by atoms with van der Waals surface area (Å²) in [5.41, 5.74) is 0.712. The Kier molecular flexibility index (Phi) is 7.08. The van der Waals surface area contributed by atoms with Gasteiger partial charge >= 0.3 is 0 Å². The second kappa shape index (κ2) is 8.31. The van der Waals surface area contributed by atoms with Gasteiger partial charge in [0, 0.05) is 5.02 Å². The van der Waals surface area contributed by atoms with E-state index < -0.39 is 24.4 Å². The van der Waals surface area contributed by atoms with Gasteiger partial charge in [-0.05, 0) is 11.6 Å². The van der Waals surface area contributed by atoms with Crippen LogP contribution in [0.2, 0.25) is 5.02 Å². The molecule has 1 aromatic rings. The van der Waals surface area contributed by atoms with E-state index in [4.69, 9.17) is 21.4 Å². The van der Waals surface area contributed by atoms with Gasteiger partial charge in [-0.2, -0.15) is 0 Å². The molecule has 0 radical (unpaired) electrons. The molecular formula is C13H17ClO6. The lowest BCUT2D eigenvalue weighted by atomic mass is 10.0. The highest BCUT2D eigenvalue weighted by Crippen LogP contribution is 2.16. The van der Waals surface area contributed by atoms with E-state index in [0.29, 0.717) is 10.6 Å². The van der Waals surface area contributed by atoms with Crippen LogP contribution in [0.25, 0.3) is 0 Å². The minimum absolute atomic E-state index is 0.0746. The maximum atomic E-state index is 10.3. The van der Waals surface area contributed by atoms with Crippen LogP contribution < -0.4 is 0 Å².